The molecular formula is C37H29N3O7. The van der Waals surface area contributed by atoms with Crippen molar-refractivity contribution in [3.8, 4) is 5.75 Å². The number of aromatic hydroxyl groups is 1. The van der Waals surface area contributed by atoms with Gasteiger partial charge in [0.25, 0.3) is 5.69 Å². The molecule has 2 aliphatic heterocycles. The van der Waals surface area contributed by atoms with Crippen molar-refractivity contribution in [3.63, 3.8) is 0 Å². The molecule has 0 bridgehead atoms. The number of hydrogen-bond donors (Lipinski definition) is 1. The molecule has 6 atom stereocenters. The number of allylic oxidation sites excluding steroid dienone is 2. The molecule has 4 aliphatic rings. The molecule has 10 nitrogen and oxygen atoms in total. The van der Waals surface area contributed by atoms with E-state index < -0.39 is 51.7 Å². The second kappa shape index (κ2) is 10.2. The smallest absolute Gasteiger partial charge is 0.271 e. The van der Waals surface area contributed by atoms with Crippen LogP contribution in [0.5, 0.6) is 5.75 Å². The van der Waals surface area contributed by atoms with Gasteiger partial charge in [-0.3, -0.25) is 29.3 Å². The fourth-order valence-electron chi connectivity index (χ4n) is 8.74. The van der Waals surface area contributed by atoms with E-state index in [2.05, 4.69) is 0 Å². The Balaban J connectivity index is 1.30. The van der Waals surface area contributed by atoms with E-state index in [-0.39, 0.29) is 41.8 Å². The average molecular weight is 628 g/mol. The summed E-state index contributed by atoms with van der Waals surface area (Å²) in [7, 11) is 0. The Morgan fingerprint density at radius 2 is 1.49 bits per heavy atom. The van der Waals surface area contributed by atoms with E-state index in [1.54, 1.807) is 42.5 Å². The Labute approximate surface area is 269 Å². The third kappa shape index (κ3) is 3.90. The van der Waals surface area contributed by atoms with Crippen molar-refractivity contribution in [1.82, 2.24) is 0 Å². The predicted octanol–water partition coefficient (Wildman–Crippen LogP) is 5.89. The lowest BCUT2D eigenvalue weighted by Crippen LogP contribution is -2.49. The normalized spacial score (nSPS) is 28.3. The van der Waals surface area contributed by atoms with Gasteiger partial charge in [0.1, 0.15) is 5.75 Å². The molecule has 3 fully saturated rings. The summed E-state index contributed by atoms with van der Waals surface area (Å²) < 4.78 is 0. The third-order valence-corrected chi connectivity index (χ3v) is 10.8. The number of carbonyl (C=O) groups excluding carboxylic acids is 4. The lowest BCUT2D eigenvalue weighted by molar-refractivity contribution is -0.384. The van der Waals surface area contributed by atoms with E-state index in [0.29, 0.717) is 11.1 Å². The van der Waals surface area contributed by atoms with Gasteiger partial charge in [-0.05, 0) is 60.9 Å². The average Bonchev–Trinajstić information content (AvgIpc) is 3.45. The van der Waals surface area contributed by atoms with Gasteiger partial charge in [0.15, 0.2) is 0 Å². The summed E-state index contributed by atoms with van der Waals surface area (Å²) >= 11 is 0. The molecule has 0 spiro atoms. The summed E-state index contributed by atoms with van der Waals surface area (Å²) in [6.45, 7) is 1.83. The number of phenols is 1. The van der Waals surface area contributed by atoms with Crippen LogP contribution < -0.4 is 9.80 Å². The molecule has 4 aromatic carbocycles. The van der Waals surface area contributed by atoms with E-state index in [9.17, 15) is 34.4 Å². The highest BCUT2D eigenvalue weighted by Gasteiger charge is 2.67. The quantitative estimate of drug-likeness (QED) is 0.129. The zero-order valence-corrected chi connectivity index (χ0v) is 25.3. The van der Waals surface area contributed by atoms with Crippen molar-refractivity contribution in [2.45, 2.75) is 25.7 Å². The number of anilines is 2. The highest BCUT2D eigenvalue weighted by Crippen LogP contribution is 2.64. The number of fused-ring (bicyclic) bond motifs is 5. The predicted molar refractivity (Wildman–Crippen MR) is 172 cm³/mol. The highest BCUT2D eigenvalue weighted by molar-refractivity contribution is 6.25. The first-order valence-electron chi connectivity index (χ1n) is 15.6. The summed E-state index contributed by atoms with van der Waals surface area (Å²) in [5.41, 5.74) is 0.705. The van der Waals surface area contributed by atoms with Crippen LogP contribution in [0.3, 0.4) is 0 Å². The maximum absolute atomic E-state index is 14.6. The van der Waals surface area contributed by atoms with Gasteiger partial charge in [-0.1, -0.05) is 66.2 Å². The second-order valence-electron chi connectivity index (χ2n) is 13.0. The third-order valence-electron chi connectivity index (χ3n) is 10.8. The van der Waals surface area contributed by atoms with Crippen LogP contribution in [0.1, 0.15) is 31.2 Å². The number of nitrogens with zero attached hydrogens (tertiary/aromatic N) is 3. The van der Waals surface area contributed by atoms with Crippen LogP contribution in [0.2, 0.25) is 0 Å². The Morgan fingerprint density at radius 3 is 2.23 bits per heavy atom. The first-order chi connectivity index (χ1) is 22.6. The van der Waals surface area contributed by atoms with Crippen molar-refractivity contribution in [1.29, 1.82) is 0 Å². The minimum absolute atomic E-state index is 0.0833. The van der Waals surface area contributed by atoms with Crippen molar-refractivity contribution >= 4 is 51.5 Å². The van der Waals surface area contributed by atoms with Gasteiger partial charge in [0.05, 0.1) is 39.5 Å². The topological polar surface area (TPSA) is 138 Å². The zero-order chi connectivity index (χ0) is 32.8. The van der Waals surface area contributed by atoms with Crippen LogP contribution in [0.15, 0.2) is 103 Å². The lowest BCUT2D eigenvalue weighted by Gasteiger charge is -2.49. The molecule has 4 amide bonds. The number of para-hydroxylation sites is 1. The van der Waals surface area contributed by atoms with E-state index in [4.69, 9.17) is 0 Å². The van der Waals surface area contributed by atoms with Crippen molar-refractivity contribution in [3.05, 3.63) is 118 Å². The minimum Gasteiger partial charge on any atom is -0.507 e. The van der Waals surface area contributed by atoms with Crippen LogP contribution in [-0.4, -0.2) is 33.7 Å². The van der Waals surface area contributed by atoms with Crippen LogP contribution in [0, 0.1) is 39.2 Å². The molecule has 234 valence electrons. The number of imide groups is 2. The van der Waals surface area contributed by atoms with Crippen molar-refractivity contribution < 1.29 is 29.2 Å². The number of nitro groups is 1. The Hall–Kier alpha value is -5.64. The van der Waals surface area contributed by atoms with Crippen LogP contribution in [-0.2, 0) is 19.2 Å². The van der Waals surface area contributed by atoms with E-state index in [0.717, 1.165) is 21.4 Å². The van der Waals surface area contributed by atoms with Crippen LogP contribution in [0.4, 0.5) is 17.1 Å². The molecule has 2 saturated heterocycles. The number of hydrogen-bond acceptors (Lipinski definition) is 7. The Bertz CT molecular complexity index is 2090. The van der Waals surface area contributed by atoms with E-state index in [1.807, 2.05) is 37.3 Å². The van der Waals surface area contributed by atoms with Crippen LogP contribution in [0.25, 0.3) is 10.8 Å². The number of amides is 4. The van der Waals surface area contributed by atoms with Crippen molar-refractivity contribution in [2.75, 3.05) is 9.80 Å². The number of nitro benzene ring substituents is 1. The Morgan fingerprint density at radius 1 is 0.787 bits per heavy atom. The molecule has 8 rings (SSSR count). The Kier molecular flexibility index (Phi) is 6.24. The molecule has 10 heteroatoms. The maximum Gasteiger partial charge on any atom is 0.271 e. The van der Waals surface area contributed by atoms with Gasteiger partial charge in [-0.2, -0.15) is 0 Å². The number of non-ortho nitro benzene ring substituents is 1. The van der Waals surface area contributed by atoms with E-state index in [1.165, 1.54) is 29.2 Å². The first kappa shape index (κ1) is 28.8. The first-order valence-corrected chi connectivity index (χ1v) is 15.6. The summed E-state index contributed by atoms with van der Waals surface area (Å²) in [6.07, 6.45) is 2.39. The molecular weight excluding hydrogens is 598 g/mol. The number of benzene rings is 4. The summed E-state index contributed by atoms with van der Waals surface area (Å²) in [5, 5.41) is 23.6. The standard InChI is InChI=1S/C37H29N3O7/c1-37-29(34(43)39(36(37)45)20-8-3-2-4-9-20)19-28-26(32(37)25-16-17-30(41)24-13-6-5-12-23(24)25)14-15-27-31(28)35(44)38(33(27)42)21-10-7-11-22(18-21)40(46)47/h2-14,16-18,27-29,31-32,41H,15,19H2,1H3/t27-,28+,29-,31-,32-,37+/m0/s1. The number of phenolic OH excluding ortho intramolecular Hbond substituents is 1. The fraction of sp³-hybridized carbons (Fsp3) is 0.243. The van der Waals surface area contributed by atoms with Gasteiger partial charge >= 0.3 is 0 Å². The van der Waals surface area contributed by atoms with Gasteiger partial charge in [0, 0.05) is 23.4 Å². The molecule has 47 heavy (non-hydrogen) atoms. The maximum atomic E-state index is 14.6. The SMILES string of the molecule is C[C@@]12C(=O)N(c3ccccc3)C(=O)[C@@H]1C[C@@H]1C(=CC[C@@H]3C(=O)N(c4cccc([N+](=O)[O-])c4)C(=O)[C@@H]31)[C@@H]2c1ccc(O)c2ccccc12. The number of carbonyl (C=O) groups is 4. The fourth-order valence-corrected chi connectivity index (χ4v) is 8.74. The molecule has 2 heterocycles. The summed E-state index contributed by atoms with van der Waals surface area (Å²) in [6, 6.07) is 25.0. The van der Waals surface area contributed by atoms with Gasteiger partial charge in [-0.15, -0.1) is 0 Å². The summed E-state index contributed by atoms with van der Waals surface area (Å²) in [5.74, 6) is -5.03. The second-order valence-corrected chi connectivity index (χ2v) is 13.0. The monoisotopic (exact) mass is 627 g/mol. The highest BCUT2D eigenvalue weighted by atomic mass is 16.6. The van der Waals surface area contributed by atoms with E-state index >= 15 is 0 Å². The number of rotatable bonds is 4. The molecule has 4 aromatic rings. The molecule has 1 N–H and O–H groups in total. The van der Waals surface area contributed by atoms with Gasteiger partial charge in [0.2, 0.25) is 23.6 Å². The molecule has 2 aliphatic carbocycles. The molecule has 1 saturated carbocycles. The van der Waals surface area contributed by atoms with Gasteiger partial charge < -0.3 is 5.11 Å². The lowest BCUT2D eigenvalue weighted by atomic mass is 9.51. The van der Waals surface area contributed by atoms with Gasteiger partial charge in [-0.25, -0.2) is 9.80 Å². The molecule has 0 aromatic heterocycles. The molecule has 0 unspecified atom stereocenters. The van der Waals surface area contributed by atoms with Crippen LogP contribution >= 0.6 is 0 Å². The minimum atomic E-state index is -1.23. The zero-order valence-electron chi connectivity index (χ0n) is 25.3. The largest absolute Gasteiger partial charge is 0.507 e. The van der Waals surface area contributed by atoms with Crippen molar-refractivity contribution in [2.24, 2.45) is 29.1 Å². The molecule has 0 radical (unpaired) electrons. The summed E-state index contributed by atoms with van der Waals surface area (Å²) in [4.78, 5) is 70.4.